The van der Waals surface area contributed by atoms with Crippen molar-refractivity contribution in [1.29, 1.82) is 0 Å². The van der Waals surface area contributed by atoms with Crippen molar-refractivity contribution < 1.29 is 14.6 Å². The largest absolute Gasteiger partial charge is 0.460 e. The second kappa shape index (κ2) is 13.9. The van der Waals surface area contributed by atoms with Crippen molar-refractivity contribution in [2.75, 3.05) is 24.1 Å². The first-order valence-corrected chi connectivity index (χ1v) is 6.38. The summed E-state index contributed by atoms with van der Waals surface area (Å²) in [5.74, 6) is -0.496. The van der Waals surface area contributed by atoms with Gasteiger partial charge in [-0.25, -0.2) is 4.79 Å². The molecule has 0 bridgehead atoms. The van der Waals surface area contributed by atoms with Gasteiger partial charge in [-0.1, -0.05) is 43.0 Å². The maximum atomic E-state index is 10.4. The highest BCUT2D eigenvalue weighted by Gasteiger charge is 2.03. The molecule has 0 aliphatic rings. The Morgan fingerprint density at radius 3 is 2.40 bits per heavy atom. The van der Waals surface area contributed by atoms with Crippen LogP contribution in [0.4, 0.5) is 0 Å². The van der Waals surface area contributed by atoms with Gasteiger partial charge in [0.05, 0.1) is 6.10 Å². The molecule has 0 rings (SSSR count). The van der Waals surface area contributed by atoms with Crippen molar-refractivity contribution in [1.82, 2.24) is 5.32 Å². The van der Waals surface area contributed by atoms with Crippen molar-refractivity contribution in [3.8, 4) is 0 Å². The average Bonchev–Trinajstić information content (AvgIpc) is 2.27. The topological polar surface area (TPSA) is 58.6 Å². The molecule has 1 atom stereocenters. The first-order chi connectivity index (χ1) is 7.12. The number of aliphatic hydroxyl groups excluding tert-OH is 1. The van der Waals surface area contributed by atoms with Crippen LogP contribution in [-0.2, 0) is 9.53 Å². The van der Waals surface area contributed by atoms with Crippen LogP contribution in [0.3, 0.4) is 0 Å². The molecule has 0 saturated heterocycles. The first-order valence-electron chi connectivity index (χ1n) is 4.86. The molecule has 0 aromatic rings. The molecule has 4 nitrogen and oxygen atoms in total. The van der Waals surface area contributed by atoms with E-state index in [1.54, 1.807) is 0 Å². The van der Waals surface area contributed by atoms with Crippen LogP contribution in [0.25, 0.3) is 0 Å². The first kappa shape index (κ1) is 17.3. The molecule has 0 saturated carbocycles. The van der Waals surface area contributed by atoms with E-state index < -0.39 is 12.1 Å². The molecule has 0 radical (unpaired) electrons. The fourth-order valence-corrected chi connectivity index (χ4v) is 0.786. The van der Waals surface area contributed by atoms with Gasteiger partial charge in [0.2, 0.25) is 0 Å². The third kappa shape index (κ3) is 16.5. The van der Waals surface area contributed by atoms with Gasteiger partial charge >= 0.3 is 5.97 Å². The lowest BCUT2D eigenvalue weighted by atomic mass is 10.4. The Balaban J connectivity index is 0. The third-order valence-electron chi connectivity index (χ3n) is 1.26. The van der Waals surface area contributed by atoms with Gasteiger partial charge < -0.3 is 15.2 Å². The third-order valence-corrected chi connectivity index (χ3v) is 2.28. The molecule has 0 aliphatic heterocycles. The quantitative estimate of drug-likeness (QED) is 0.332. The van der Waals surface area contributed by atoms with E-state index in [1.807, 2.05) is 22.6 Å². The highest BCUT2D eigenvalue weighted by Crippen LogP contribution is 1.92. The molecule has 2 N–H and O–H groups in total. The number of carbonyl (C=O) groups excluding carboxylic acids is 1. The standard InChI is InChI=1S/C6H9IO3.C4H11N/c1-2-6(9)10-4-5(8)3-7;1-3-5-4-2/h2,5,8H,1,3-4H2;5H,3-4H2,1-2H3. The second-order valence-corrected chi connectivity index (χ2v) is 3.48. The van der Waals surface area contributed by atoms with Gasteiger partial charge in [-0.15, -0.1) is 0 Å². The van der Waals surface area contributed by atoms with Gasteiger partial charge in [-0.3, -0.25) is 0 Å². The summed E-state index contributed by atoms with van der Waals surface area (Å²) in [7, 11) is 0. The molecule has 0 aromatic heterocycles. The number of carbonyl (C=O) groups is 1. The zero-order chi connectivity index (χ0) is 12.1. The molecule has 0 amide bonds. The number of hydrogen-bond acceptors (Lipinski definition) is 4. The number of esters is 1. The van der Waals surface area contributed by atoms with Crippen molar-refractivity contribution in [3.05, 3.63) is 12.7 Å². The number of rotatable bonds is 6. The Morgan fingerprint density at radius 1 is 1.60 bits per heavy atom. The summed E-state index contributed by atoms with van der Waals surface area (Å²) in [6.07, 6.45) is 0.504. The maximum Gasteiger partial charge on any atom is 0.330 e. The Hall–Kier alpha value is -0.140. The van der Waals surface area contributed by atoms with E-state index in [-0.39, 0.29) is 6.61 Å². The van der Waals surface area contributed by atoms with Crippen LogP contribution in [0.2, 0.25) is 0 Å². The molecule has 0 spiro atoms. The van der Waals surface area contributed by atoms with Crippen LogP contribution in [0.15, 0.2) is 12.7 Å². The predicted octanol–water partition coefficient (Wildman–Crippen LogP) is 1.13. The van der Waals surface area contributed by atoms with Crippen LogP contribution >= 0.6 is 22.6 Å². The van der Waals surface area contributed by atoms with Gasteiger partial charge in [0.1, 0.15) is 6.61 Å². The summed E-state index contributed by atoms with van der Waals surface area (Å²) < 4.78 is 5.09. The number of nitrogens with one attached hydrogen (secondary N) is 1. The van der Waals surface area contributed by atoms with Crippen molar-refractivity contribution >= 4 is 28.6 Å². The Labute approximate surface area is 105 Å². The number of aliphatic hydroxyl groups is 1. The monoisotopic (exact) mass is 329 g/mol. The van der Waals surface area contributed by atoms with Crippen molar-refractivity contribution in [3.63, 3.8) is 0 Å². The molecule has 90 valence electrons. The number of hydrogen-bond donors (Lipinski definition) is 2. The molecule has 5 heteroatoms. The fraction of sp³-hybridized carbons (Fsp3) is 0.700. The lowest BCUT2D eigenvalue weighted by Crippen LogP contribution is -2.18. The van der Waals surface area contributed by atoms with E-state index in [9.17, 15) is 4.79 Å². The molecule has 1 unspecified atom stereocenters. The van der Waals surface area contributed by atoms with Crippen molar-refractivity contribution in [2.24, 2.45) is 0 Å². The van der Waals surface area contributed by atoms with Crippen LogP contribution in [0.5, 0.6) is 0 Å². The van der Waals surface area contributed by atoms with Gasteiger partial charge in [-0.05, 0) is 13.1 Å². The van der Waals surface area contributed by atoms with E-state index in [4.69, 9.17) is 5.11 Å². The van der Waals surface area contributed by atoms with Crippen LogP contribution < -0.4 is 5.32 Å². The average molecular weight is 329 g/mol. The van der Waals surface area contributed by atoms with Crippen molar-refractivity contribution in [2.45, 2.75) is 20.0 Å². The van der Waals surface area contributed by atoms with Crippen LogP contribution in [-0.4, -0.2) is 41.3 Å². The summed E-state index contributed by atoms with van der Waals surface area (Å²) in [6, 6.07) is 0. The molecule has 0 fully saturated rings. The summed E-state index contributed by atoms with van der Waals surface area (Å²) in [6.45, 7) is 9.64. The van der Waals surface area contributed by atoms with Crippen LogP contribution in [0.1, 0.15) is 13.8 Å². The maximum absolute atomic E-state index is 10.4. The molecule has 0 aromatic carbocycles. The van der Waals surface area contributed by atoms with E-state index >= 15 is 0 Å². The van der Waals surface area contributed by atoms with Gasteiger partial charge in [0.15, 0.2) is 0 Å². The zero-order valence-corrected chi connectivity index (χ0v) is 11.5. The highest BCUT2D eigenvalue weighted by atomic mass is 127. The van der Waals surface area contributed by atoms with Gasteiger partial charge in [0.25, 0.3) is 0 Å². The smallest absolute Gasteiger partial charge is 0.330 e. The second-order valence-electron chi connectivity index (χ2n) is 2.60. The normalized spacial score (nSPS) is 10.9. The highest BCUT2D eigenvalue weighted by molar-refractivity contribution is 14.1. The van der Waals surface area contributed by atoms with Gasteiger partial charge in [-0.2, -0.15) is 0 Å². The minimum absolute atomic E-state index is 0.0494. The molecule has 15 heavy (non-hydrogen) atoms. The predicted molar refractivity (Wildman–Crippen MR) is 70.3 cm³/mol. The SMILES string of the molecule is C=CC(=O)OCC(O)CI.CCNCC. The molecule has 0 aliphatic carbocycles. The number of ether oxygens (including phenoxy) is 1. The molecular weight excluding hydrogens is 309 g/mol. The summed E-state index contributed by atoms with van der Waals surface area (Å²) >= 11 is 2.01. The Morgan fingerprint density at radius 2 is 2.13 bits per heavy atom. The van der Waals surface area contributed by atoms with E-state index in [2.05, 4.69) is 30.5 Å². The Bertz CT molecular complexity index is 163. The van der Waals surface area contributed by atoms with Gasteiger partial charge in [0, 0.05) is 10.5 Å². The lowest BCUT2D eigenvalue weighted by Gasteiger charge is -2.05. The van der Waals surface area contributed by atoms with E-state index in [1.165, 1.54) is 0 Å². The van der Waals surface area contributed by atoms with E-state index in [0.717, 1.165) is 19.2 Å². The molecular formula is C10H20INO3. The minimum Gasteiger partial charge on any atom is -0.460 e. The fourth-order valence-electron chi connectivity index (χ4n) is 0.532. The summed E-state index contributed by atoms with van der Waals surface area (Å²) in [5.41, 5.74) is 0. The number of halogens is 1. The van der Waals surface area contributed by atoms with E-state index in [0.29, 0.717) is 4.43 Å². The minimum atomic E-state index is -0.565. The summed E-state index contributed by atoms with van der Waals surface area (Å²) in [4.78, 5) is 10.4. The summed E-state index contributed by atoms with van der Waals surface area (Å²) in [5, 5.41) is 12.0. The zero-order valence-electron chi connectivity index (χ0n) is 9.33. The number of alkyl halides is 1. The molecule has 0 heterocycles. The Kier molecular flexibility index (Phi) is 15.9. The lowest BCUT2D eigenvalue weighted by molar-refractivity contribution is -0.140. The van der Waals surface area contributed by atoms with Crippen LogP contribution in [0, 0.1) is 0 Å².